The first-order valence-electron chi connectivity index (χ1n) is 9.66. The van der Waals surface area contributed by atoms with E-state index in [4.69, 9.17) is 5.73 Å². The fraction of sp³-hybridized carbons (Fsp3) is 0.136. The van der Waals surface area contributed by atoms with E-state index in [2.05, 4.69) is 14.7 Å². The van der Waals surface area contributed by atoms with Crippen LogP contribution in [0.15, 0.2) is 59.5 Å². The number of rotatable bonds is 7. The summed E-state index contributed by atoms with van der Waals surface area (Å²) in [5, 5.41) is 9.90. The van der Waals surface area contributed by atoms with E-state index in [1.54, 1.807) is 30.3 Å². The molecule has 2 heterocycles. The molecule has 0 spiro atoms. The number of anilines is 2. The smallest absolute Gasteiger partial charge is 0.260 e. The Bertz CT molecular complexity index is 1350. The van der Waals surface area contributed by atoms with Crippen LogP contribution in [0.5, 0.6) is 0 Å². The van der Waals surface area contributed by atoms with E-state index in [0.29, 0.717) is 27.9 Å². The van der Waals surface area contributed by atoms with Gasteiger partial charge in [-0.3, -0.25) is 9.36 Å². The van der Waals surface area contributed by atoms with Crippen LogP contribution in [-0.2, 0) is 12.3 Å². The van der Waals surface area contributed by atoms with Crippen molar-refractivity contribution in [3.8, 4) is 11.1 Å². The lowest BCUT2D eigenvalue weighted by molar-refractivity contribution is 0.276. The Labute approximate surface area is 186 Å². The summed E-state index contributed by atoms with van der Waals surface area (Å²) in [6.07, 6.45) is 1.47. The lowest BCUT2D eigenvalue weighted by atomic mass is 10.1. The van der Waals surface area contributed by atoms with Gasteiger partial charge in [0.05, 0.1) is 18.8 Å². The Morgan fingerprint density at radius 2 is 1.94 bits per heavy atom. The summed E-state index contributed by atoms with van der Waals surface area (Å²) in [5.74, 6) is -0.567. The van der Waals surface area contributed by atoms with Crippen molar-refractivity contribution >= 4 is 34.6 Å². The molecule has 4 aromatic rings. The van der Waals surface area contributed by atoms with Gasteiger partial charge in [-0.15, -0.1) is 0 Å². The second-order valence-electron chi connectivity index (χ2n) is 6.92. The number of nitrogens with zero attached hydrogens (tertiary/aromatic N) is 3. The van der Waals surface area contributed by atoms with Gasteiger partial charge in [-0.1, -0.05) is 24.3 Å². The normalized spacial score (nSPS) is 11.1. The van der Waals surface area contributed by atoms with Crippen LogP contribution in [0.25, 0.3) is 22.2 Å². The molecule has 0 unspecified atom stereocenters. The quantitative estimate of drug-likeness (QED) is 0.366. The van der Waals surface area contributed by atoms with Gasteiger partial charge in [0.15, 0.2) is 0 Å². The van der Waals surface area contributed by atoms with Gasteiger partial charge in [-0.05, 0) is 47.3 Å². The Balaban J connectivity index is 1.62. The van der Waals surface area contributed by atoms with Gasteiger partial charge in [0.1, 0.15) is 17.3 Å². The van der Waals surface area contributed by atoms with Crippen LogP contribution in [-0.4, -0.2) is 26.2 Å². The molecule has 0 atom stereocenters. The van der Waals surface area contributed by atoms with E-state index in [0.717, 1.165) is 11.9 Å². The van der Waals surface area contributed by atoms with Gasteiger partial charge in [0.2, 0.25) is 5.95 Å². The molecular formula is C22H19F2N5O2S. The van der Waals surface area contributed by atoms with Crippen LogP contribution in [0, 0.1) is 11.6 Å². The van der Waals surface area contributed by atoms with Crippen LogP contribution < -0.4 is 16.0 Å². The number of pyridine rings is 1. The van der Waals surface area contributed by atoms with E-state index in [1.165, 1.54) is 29.0 Å². The number of hydrogen-bond donors (Lipinski definition) is 3. The first-order chi connectivity index (χ1) is 15.5. The highest BCUT2D eigenvalue weighted by molar-refractivity contribution is 7.99. The summed E-state index contributed by atoms with van der Waals surface area (Å²) < 4.78 is 32.6. The molecule has 0 saturated heterocycles. The molecule has 0 aliphatic heterocycles. The van der Waals surface area contributed by atoms with Gasteiger partial charge >= 0.3 is 0 Å². The van der Waals surface area contributed by atoms with E-state index in [-0.39, 0.29) is 36.2 Å². The van der Waals surface area contributed by atoms with Crippen molar-refractivity contribution in [3.63, 3.8) is 0 Å². The lowest BCUT2D eigenvalue weighted by Gasteiger charge is -2.12. The van der Waals surface area contributed by atoms with Gasteiger partial charge in [0.25, 0.3) is 5.56 Å². The van der Waals surface area contributed by atoms with Crippen molar-refractivity contribution in [3.05, 3.63) is 82.3 Å². The maximum absolute atomic E-state index is 14.7. The van der Waals surface area contributed by atoms with Crippen molar-refractivity contribution in [1.29, 1.82) is 0 Å². The average molecular weight is 455 g/mol. The number of aromatic nitrogens is 3. The number of nitrogens with two attached hydrogens (primary N) is 1. The Hall–Kier alpha value is -3.50. The second-order valence-corrected chi connectivity index (χ2v) is 7.70. The molecule has 32 heavy (non-hydrogen) atoms. The standard InChI is InChI=1S/C22H19F2N5O2S/c23-17-4-2-1-3-14(17)12-32-28-19-6-5-13(10-18(19)24)16-9-15-11-26-22(25)27-20(15)29(7-8-30)21(16)31/h1-6,9-11,28,30H,7-8,12H2,(H2,25,26,27). The molecule has 164 valence electrons. The largest absolute Gasteiger partial charge is 0.395 e. The minimum Gasteiger partial charge on any atom is -0.395 e. The molecule has 0 radical (unpaired) electrons. The first kappa shape index (κ1) is 21.7. The highest BCUT2D eigenvalue weighted by Gasteiger charge is 2.14. The Morgan fingerprint density at radius 3 is 2.69 bits per heavy atom. The Morgan fingerprint density at radius 1 is 1.12 bits per heavy atom. The highest BCUT2D eigenvalue weighted by Crippen LogP contribution is 2.27. The first-order valence-corrected chi connectivity index (χ1v) is 10.6. The minimum absolute atomic E-state index is 0.00527. The molecule has 0 bridgehead atoms. The van der Waals surface area contributed by atoms with Crippen LogP contribution in [0.2, 0.25) is 0 Å². The average Bonchev–Trinajstić information content (AvgIpc) is 2.78. The fourth-order valence-corrected chi connectivity index (χ4v) is 4.04. The molecule has 10 heteroatoms. The predicted molar refractivity (Wildman–Crippen MR) is 122 cm³/mol. The topological polar surface area (TPSA) is 106 Å². The summed E-state index contributed by atoms with van der Waals surface area (Å²) >= 11 is 1.15. The zero-order chi connectivity index (χ0) is 22.7. The van der Waals surface area contributed by atoms with Crippen molar-refractivity contribution in [2.24, 2.45) is 0 Å². The molecule has 0 amide bonds. The molecule has 0 saturated carbocycles. The molecule has 0 aliphatic carbocycles. The molecule has 0 aliphatic rings. The van der Waals surface area contributed by atoms with Crippen molar-refractivity contribution in [2.75, 3.05) is 17.1 Å². The summed E-state index contributed by atoms with van der Waals surface area (Å²) in [6, 6.07) is 12.3. The predicted octanol–water partition coefficient (Wildman–Crippen LogP) is 3.57. The number of nitrogen functional groups attached to an aromatic ring is 1. The van der Waals surface area contributed by atoms with E-state index in [1.807, 2.05) is 0 Å². The van der Waals surface area contributed by atoms with Crippen molar-refractivity contribution in [1.82, 2.24) is 14.5 Å². The molecular weight excluding hydrogens is 436 g/mol. The summed E-state index contributed by atoms with van der Waals surface area (Å²) in [6.45, 7) is -0.271. The highest BCUT2D eigenvalue weighted by atomic mass is 32.2. The Kier molecular flexibility index (Phi) is 6.33. The molecule has 4 rings (SSSR count). The zero-order valence-corrected chi connectivity index (χ0v) is 17.6. The number of benzene rings is 2. The van der Waals surface area contributed by atoms with E-state index >= 15 is 0 Å². The maximum Gasteiger partial charge on any atom is 0.260 e. The molecule has 7 nitrogen and oxygen atoms in total. The molecule has 4 N–H and O–H groups in total. The van der Waals surface area contributed by atoms with Gasteiger partial charge in [-0.2, -0.15) is 4.98 Å². The maximum atomic E-state index is 14.7. The summed E-state index contributed by atoms with van der Waals surface area (Å²) in [4.78, 5) is 21.1. The van der Waals surface area contributed by atoms with Crippen molar-refractivity contribution < 1.29 is 13.9 Å². The monoisotopic (exact) mass is 455 g/mol. The number of nitrogens with one attached hydrogen (secondary N) is 1. The third-order valence-electron chi connectivity index (χ3n) is 4.82. The minimum atomic E-state index is -0.565. The number of halogens is 2. The second kappa shape index (κ2) is 9.33. The van der Waals surface area contributed by atoms with Gasteiger partial charge in [0, 0.05) is 22.9 Å². The van der Waals surface area contributed by atoms with Crippen LogP contribution >= 0.6 is 11.9 Å². The fourth-order valence-electron chi connectivity index (χ4n) is 3.26. The van der Waals surface area contributed by atoms with Crippen LogP contribution in [0.3, 0.4) is 0 Å². The van der Waals surface area contributed by atoms with E-state index in [9.17, 15) is 18.7 Å². The molecule has 0 fully saturated rings. The number of aliphatic hydroxyl groups excluding tert-OH is 1. The molecule has 2 aromatic heterocycles. The lowest BCUT2D eigenvalue weighted by Crippen LogP contribution is -2.24. The third kappa shape index (κ3) is 4.41. The summed E-state index contributed by atoms with van der Waals surface area (Å²) in [5.41, 5.74) is 6.81. The van der Waals surface area contributed by atoms with Crippen LogP contribution in [0.1, 0.15) is 5.56 Å². The number of hydrogen-bond acceptors (Lipinski definition) is 7. The van der Waals surface area contributed by atoms with Crippen molar-refractivity contribution in [2.45, 2.75) is 12.3 Å². The zero-order valence-electron chi connectivity index (χ0n) is 16.8. The molecule has 2 aromatic carbocycles. The number of aliphatic hydroxyl groups is 1. The van der Waals surface area contributed by atoms with Gasteiger partial charge in [-0.25, -0.2) is 13.8 Å². The third-order valence-corrected chi connectivity index (χ3v) is 5.64. The SMILES string of the molecule is Nc1ncc2cc(-c3ccc(NSCc4ccccc4F)c(F)c3)c(=O)n(CCO)c2n1. The number of fused-ring (bicyclic) bond motifs is 1. The van der Waals surface area contributed by atoms with E-state index < -0.39 is 11.4 Å². The summed E-state index contributed by atoms with van der Waals surface area (Å²) in [7, 11) is 0. The van der Waals surface area contributed by atoms with Crippen LogP contribution in [0.4, 0.5) is 20.4 Å². The van der Waals surface area contributed by atoms with Gasteiger partial charge < -0.3 is 15.6 Å².